The molecule has 0 aliphatic heterocycles. The van der Waals surface area contributed by atoms with E-state index in [2.05, 4.69) is 20.7 Å². The standard InChI is InChI=1S/C16H23N5O3/c1-12-14(15(22)23-3)10-13(24-12)11-19-16(17-2)18-6-4-8-21-9-5-7-20-21/h5,7,9-10H,4,6,8,11H2,1-3H3,(H2,17,18,19). The highest BCUT2D eigenvalue weighted by molar-refractivity contribution is 5.90. The van der Waals surface area contributed by atoms with E-state index in [-0.39, 0.29) is 0 Å². The molecule has 0 saturated carbocycles. The fourth-order valence-corrected chi connectivity index (χ4v) is 2.22. The van der Waals surface area contributed by atoms with Gasteiger partial charge in [0, 0.05) is 32.5 Å². The van der Waals surface area contributed by atoms with E-state index in [1.807, 2.05) is 16.9 Å². The van der Waals surface area contributed by atoms with Crippen LogP contribution in [0.15, 0.2) is 33.9 Å². The molecule has 2 aromatic heterocycles. The van der Waals surface area contributed by atoms with E-state index in [0.29, 0.717) is 29.6 Å². The minimum absolute atomic E-state index is 0.399. The fourth-order valence-electron chi connectivity index (χ4n) is 2.22. The Kier molecular flexibility index (Phi) is 6.41. The van der Waals surface area contributed by atoms with Gasteiger partial charge in [0.2, 0.25) is 0 Å². The van der Waals surface area contributed by atoms with Crippen LogP contribution in [0, 0.1) is 6.92 Å². The molecule has 2 N–H and O–H groups in total. The molecule has 0 atom stereocenters. The molecule has 0 fully saturated rings. The first-order chi connectivity index (χ1) is 11.6. The molecule has 0 amide bonds. The average Bonchev–Trinajstić information content (AvgIpc) is 3.23. The highest BCUT2D eigenvalue weighted by Crippen LogP contribution is 2.15. The Bertz CT molecular complexity index is 676. The van der Waals surface area contributed by atoms with Gasteiger partial charge in [0.15, 0.2) is 5.96 Å². The predicted octanol–water partition coefficient (Wildman–Crippen LogP) is 1.33. The number of furan rings is 1. The van der Waals surface area contributed by atoms with Crippen LogP contribution in [0.4, 0.5) is 0 Å². The number of hydrogen-bond acceptors (Lipinski definition) is 5. The number of methoxy groups -OCH3 is 1. The minimum Gasteiger partial charge on any atom is -0.465 e. The van der Waals surface area contributed by atoms with Gasteiger partial charge in [-0.3, -0.25) is 9.67 Å². The molecule has 130 valence electrons. The zero-order valence-electron chi connectivity index (χ0n) is 14.2. The number of hydrogen-bond donors (Lipinski definition) is 2. The van der Waals surface area contributed by atoms with Crippen molar-refractivity contribution in [3.8, 4) is 0 Å². The Labute approximate surface area is 140 Å². The van der Waals surface area contributed by atoms with Crippen LogP contribution in [0.3, 0.4) is 0 Å². The third-order valence-electron chi connectivity index (χ3n) is 3.44. The first kappa shape index (κ1) is 17.6. The lowest BCUT2D eigenvalue weighted by molar-refractivity contribution is 0.0599. The number of rotatable bonds is 7. The number of carbonyl (C=O) groups is 1. The summed E-state index contributed by atoms with van der Waals surface area (Å²) in [6.07, 6.45) is 4.63. The van der Waals surface area contributed by atoms with Gasteiger partial charge < -0.3 is 19.8 Å². The smallest absolute Gasteiger partial charge is 0.341 e. The van der Waals surface area contributed by atoms with Crippen LogP contribution in [0.5, 0.6) is 0 Å². The van der Waals surface area contributed by atoms with Crippen LogP contribution in [0.1, 0.15) is 28.3 Å². The van der Waals surface area contributed by atoms with Crippen molar-refractivity contribution in [1.29, 1.82) is 0 Å². The second kappa shape index (κ2) is 8.76. The Morgan fingerprint density at radius 1 is 1.46 bits per heavy atom. The van der Waals surface area contributed by atoms with Crippen molar-refractivity contribution in [2.75, 3.05) is 20.7 Å². The molecule has 8 heteroatoms. The van der Waals surface area contributed by atoms with Crippen LogP contribution in [0.25, 0.3) is 0 Å². The van der Waals surface area contributed by atoms with Gasteiger partial charge in [-0.15, -0.1) is 0 Å². The molecule has 2 rings (SSSR count). The molecule has 0 radical (unpaired) electrons. The van der Waals surface area contributed by atoms with Gasteiger partial charge in [-0.05, 0) is 25.5 Å². The highest BCUT2D eigenvalue weighted by Gasteiger charge is 2.15. The molecule has 0 bridgehead atoms. The Morgan fingerprint density at radius 3 is 2.96 bits per heavy atom. The zero-order chi connectivity index (χ0) is 17.4. The highest BCUT2D eigenvalue weighted by atomic mass is 16.5. The first-order valence-electron chi connectivity index (χ1n) is 7.73. The van der Waals surface area contributed by atoms with E-state index in [1.54, 1.807) is 26.2 Å². The summed E-state index contributed by atoms with van der Waals surface area (Å²) >= 11 is 0. The lowest BCUT2D eigenvalue weighted by atomic mass is 10.2. The fraction of sp³-hybridized carbons (Fsp3) is 0.438. The van der Waals surface area contributed by atoms with E-state index < -0.39 is 5.97 Å². The summed E-state index contributed by atoms with van der Waals surface area (Å²) in [6.45, 7) is 3.77. The summed E-state index contributed by atoms with van der Waals surface area (Å²) < 4.78 is 12.1. The quantitative estimate of drug-likeness (QED) is 0.344. The molecule has 8 nitrogen and oxygen atoms in total. The number of aliphatic imine (C=N–C) groups is 1. The van der Waals surface area contributed by atoms with Crippen molar-refractivity contribution in [3.05, 3.63) is 41.6 Å². The normalized spacial score (nSPS) is 11.4. The number of aryl methyl sites for hydroxylation is 2. The molecule has 2 heterocycles. The van der Waals surface area contributed by atoms with Gasteiger partial charge >= 0.3 is 5.97 Å². The molecule has 2 aromatic rings. The van der Waals surface area contributed by atoms with E-state index in [9.17, 15) is 4.79 Å². The Morgan fingerprint density at radius 2 is 2.29 bits per heavy atom. The second-order valence-electron chi connectivity index (χ2n) is 5.15. The molecule has 0 unspecified atom stereocenters. The number of esters is 1. The first-order valence-corrected chi connectivity index (χ1v) is 7.73. The van der Waals surface area contributed by atoms with Crippen LogP contribution in [0.2, 0.25) is 0 Å². The minimum atomic E-state index is -0.399. The molecule has 0 aliphatic rings. The average molecular weight is 333 g/mol. The monoisotopic (exact) mass is 333 g/mol. The second-order valence-corrected chi connectivity index (χ2v) is 5.15. The maximum absolute atomic E-state index is 11.6. The maximum atomic E-state index is 11.6. The number of nitrogens with zero attached hydrogens (tertiary/aromatic N) is 3. The third-order valence-corrected chi connectivity index (χ3v) is 3.44. The number of nitrogens with one attached hydrogen (secondary N) is 2. The molecular weight excluding hydrogens is 310 g/mol. The maximum Gasteiger partial charge on any atom is 0.341 e. The summed E-state index contributed by atoms with van der Waals surface area (Å²) in [4.78, 5) is 15.7. The van der Waals surface area contributed by atoms with E-state index in [4.69, 9.17) is 9.15 Å². The molecule has 0 spiro atoms. The summed E-state index contributed by atoms with van der Waals surface area (Å²) in [6, 6.07) is 3.58. The third kappa shape index (κ3) is 4.87. The molecule has 24 heavy (non-hydrogen) atoms. The van der Waals surface area contributed by atoms with Crippen molar-refractivity contribution >= 4 is 11.9 Å². The lowest BCUT2D eigenvalue weighted by Crippen LogP contribution is -2.37. The van der Waals surface area contributed by atoms with Gasteiger partial charge in [-0.2, -0.15) is 5.10 Å². The van der Waals surface area contributed by atoms with Gasteiger partial charge in [-0.25, -0.2) is 4.79 Å². The van der Waals surface area contributed by atoms with Crippen molar-refractivity contribution in [2.24, 2.45) is 4.99 Å². The Balaban J connectivity index is 1.76. The largest absolute Gasteiger partial charge is 0.465 e. The van der Waals surface area contributed by atoms with E-state index in [0.717, 1.165) is 19.5 Å². The van der Waals surface area contributed by atoms with Crippen molar-refractivity contribution in [3.63, 3.8) is 0 Å². The molecule has 0 aliphatic carbocycles. The van der Waals surface area contributed by atoms with Crippen molar-refractivity contribution in [2.45, 2.75) is 26.4 Å². The summed E-state index contributed by atoms with van der Waals surface area (Å²) in [5.74, 6) is 1.46. The Hall–Kier alpha value is -2.77. The molecular formula is C16H23N5O3. The van der Waals surface area contributed by atoms with Gasteiger partial charge in [0.05, 0.1) is 13.7 Å². The van der Waals surface area contributed by atoms with Gasteiger partial charge in [0.25, 0.3) is 0 Å². The number of aromatic nitrogens is 2. The van der Waals surface area contributed by atoms with Crippen LogP contribution in [-0.4, -0.2) is 42.4 Å². The molecule has 0 aromatic carbocycles. The topological polar surface area (TPSA) is 93.7 Å². The lowest BCUT2D eigenvalue weighted by Gasteiger charge is -2.10. The zero-order valence-corrected chi connectivity index (χ0v) is 14.2. The SMILES string of the molecule is CN=C(NCCCn1cccn1)NCc1cc(C(=O)OC)c(C)o1. The predicted molar refractivity (Wildman–Crippen MR) is 89.8 cm³/mol. The van der Waals surface area contributed by atoms with Crippen LogP contribution in [-0.2, 0) is 17.8 Å². The number of carbonyl (C=O) groups excluding carboxylic acids is 1. The van der Waals surface area contributed by atoms with Crippen LogP contribution >= 0.6 is 0 Å². The summed E-state index contributed by atoms with van der Waals surface area (Å²) in [7, 11) is 3.05. The van der Waals surface area contributed by atoms with Crippen molar-refractivity contribution < 1.29 is 13.9 Å². The molecule has 0 saturated heterocycles. The number of guanidine groups is 1. The van der Waals surface area contributed by atoms with E-state index >= 15 is 0 Å². The summed E-state index contributed by atoms with van der Waals surface area (Å²) in [5.41, 5.74) is 0.441. The van der Waals surface area contributed by atoms with Gasteiger partial charge in [0.1, 0.15) is 17.1 Å². The number of ether oxygens (including phenoxy) is 1. The van der Waals surface area contributed by atoms with E-state index in [1.165, 1.54) is 7.11 Å². The van der Waals surface area contributed by atoms with Crippen LogP contribution < -0.4 is 10.6 Å². The van der Waals surface area contributed by atoms with Gasteiger partial charge in [-0.1, -0.05) is 0 Å². The van der Waals surface area contributed by atoms with Crippen molar-refractivity contribution in [1.82, 2.24) is 20.4 Å². The summed E-state index contributed by atoms with van der Waals surface area (Å²) in [5, 5.41) is 10.5.